The van der Waals surface area contributed by atoms with Crippen LogP contribution in [0.4, 0.5) is 0 Å². The molecule has 0 saturated carbocycles. The van der Waals surface area contributed by atoms with Crippen molar-refractivity contribution in [3.63, 3.8) is 0 Å². The molecule has 0 saturated heterocycles. The van der Waals surface area contributed by atoms with Crippen LogP contribution in [0.3, 0.4) is 0 Å². The summed E-state index contributed by atoms with van der Waals surface area (Å²) >= 11 is 0. The van der Waals surface area contributed by atoms with E-state index in [4.69, 9.17) is 4.74 Å². The molecule has 2 heterocycles. The van der Waals surface area contributed by atoms with Crippen LogP contribution in [0.1, 0.15) is 67.3 Å². The quantitative estimate of drug-likeness (QED) is 0.201. The van der Waals surface area contributed by atoms with Crippen LogP contribution < -0.4 is 5.01 Å². The van der Waals surface area contributed by atoms with Gasteiger partial charge in [-0.15, -0.1) is 10.2 Å². The lowest BCUT2D eigenvalue weighted by Crippen LogP contribution is -2.42. The van der Waals surface area contributed by atoms with Gasteiger partial charge in [-0.05, 0) is 55.2 Å². The predicted octanol–water partition coefficient (Wildman–Crippen LogP) is 4.81. The van der Waals surface area contributed by atoms with E-state index < -0.39 is 5.97 Å². The molecule has 0 bridgehead atoms. The number of nitrogens with one attached hydrogen (secondary N) is 1. The number of ketones is 1. The van der Waals surface area contributed by atoms with E-state index in [2.05, 4.69) is 20.6 Å². The third-order valence-corrected chi connectivity index (χ3v) is 6.68. The minimum atomic E-state index is -0.415. The number of tetrazole rings is 1. The second kappa shape index (κ2) is 13.0. The number of aromatic nitrogens is 5. The standard InChI is InChI=1S/C30H34N6O4/c1-5-7-12-28(38)35(36-20(3)27(21(4)37)17-24(36)18-29(39)40-6-2)19-22-13-15-23(16-14-22)25-10-8-9-11-26(25)30-31-33-34-32-30/h8-11,13-17H,5-7,12,18-19H2,1-4H3,(H,31,32,33,34). The fourth-order valence-corrected chi connectivity index (χ4v) is 4.74. The molecule has 4 rings (SSSR count). The van der Waals surface area contributed by atoms with Crippen LogP contribution in [0.15, 0.2) is 54.6 Å². The number of ether oxygens (including phenoxy) is 1. The van der Waals surface area contributed by atoms with Crippen LogP contribution in [0.2, 0.25) is 0 Å². The lowest BCUT2D eigenvalue weighted by molar-refractivity contribution is -0.142. The summed E-state index contributed by atoms with van der Waals surface area (Å²) in [4.78, 5) is 38.4. The average molecular weight is 543 g/mol. The lowest BCUT2D eigenvalue weighted by atomic mass is 9.98. The van der Waals surface area contributed by atoms with Gasteiger partial charge in [0.2, 0.25) is 11.7 Å². The predicted molar refractivity (Wildman–Crippen MR) is 151 cm³/mol. The smallest absolute Gasteiger partial charge is 0.311 e. The summed E-state index contributed by atoms with van der Waals surface area (Å²) in [7, 11) is 0. The number of amides is 1. The highest BCUT2D eigenvalue weighted by Crippen LogP contribution is 2.30. The van der Waals surface area contributed by atoms with Crippen LogP contribution >= 0.6 is 0 Å². The maximum atomic E-state index is 13.5. The van der Waals surface area contributed by atoms with Gasteiger partial charge in [0.15, 0.2) is 5.78 Å². The van der Waals surface area contributed by atoms with Crippen LogP contribution in [0, 0.1) is 6.92 Å². The van der Waals surface area contributed by atoms with Gasteiger partial charge in [-0.3, -0.25) is 19.1 Å². The van der Waals surface area contributed by atoms with Gasteiger partial charge < -0.3 is 4.74 Å². The zero-order valence-corrected chi connectivity index (χ0v) is 23.3. The summed E-state index contributed by atoms with van der Waals surface area (Å²) in [5, 5.41) is 16.0. The summed E-state index contributed by atoms with van der Waals surface area (Å²) < 4.78 is 6.88. The summed E-state index contributed by atoms with van der Waals surface area (Å²) in [6.07, 6.45) is 1.89. The molecule has 1 amide bonds. The second-order valence-corrected chi connectivity index (χ2v) is 9.52. The summed E-state index contributed by atoms with van der Waals surface area (Å²) in [6, 6.07) is 17.4. The molecular weight excluding hydrogens is 508 g/mol. The first-order valence-corrected chi connectivity index (χ1v) is 13.4. The third-order valence-electron chi connectivity index (χ3n) is 6.68. The van der Waals surface area contributed by atoms with Gasteiger partial charge >= 0.3 is 5.97 Å². The minimum absolute atomic E-state index is 0.0503. The molecule has 0 spiro atoms. The number of rotatable bonds is 12. The van der Waals surface area contributed by atoms with E-state index in [-0.39, 0.29) is 31.3 Å². The Labute approximate surface area is 233 Å². The van der Waals surface area contributed by atoms with E-state index in [1.54, 1.807) is 29.6 Å². The molecule has 0 atom stereocenters. The van der Waals surface area contributed by atoms with E-state index in [1.807, 2.05) is 55.5 Å². The topological polar surface area (TPSA) is 123 Å². The van der Waals surface area contributed by atoms with Crippen molar-refractivity contribution in [3.8, 4) is 22.5 Å². The molecule has 0 radical (unpaired) electrons. The Morgan fingerprint density at radius 2 is 1.75 bits per heavy atom. The largest absolute Gasteiger partial charge is 0.466 e. The highest BCUT2D eigenvalue weighted by molar-refractivity contribution is 5.96. The molecule has 0 fully saturated rings. The molecule has 1 N–H and O–H groups in total. The second-order valence-electron chi connectivity index (χ2n) is 9.52. The van der Waals surface area contributed by atoms with Crippen LogP contribution in [-0.2, 0) is 27.3 Å². The number of aromatic amines is 1. The van der Waals surface area contributed by atoms with E-state index in [1.165, 1.54) is 6.92 Å². The van der Waals surface area contributed by atoms with Crippen molar-refractivity contribution >= 4 is 17.7 Å². The van der Waals surface area contributed by atoms with Crippen LogP contribution in [0.25, 0.3) is 22.5 Å². The van der Waals surface area contributed by atoms with Gasteiger partial charge in [-0.25, -0.2) is 5.01 Å². The zero-order valence-electron chi connectivity index (χ0n) is 23.3. The average Bonchev–Trinajstić information content (AvgIpc) is 3.59. The molecule has 2 aromatic heterocycles. The summed E-state index contributed by atoms with van der Waals surface area (Å²) in [5.41, 5.74) is 5.29. The first-order valence-electron chi connectivity index (χ1n) is 13.4. The van der Waals surface area contributed by atoms with Crippen molar-refractivity contribution in [2.75, 3.05) is 11.6 Å². The number of H-pyrrole nitrogens is 1. The van der Waals surface area contributed by atoms with E-state index in [0.717, 1.165) is 35.1 Å². The zero-order chi connectivity index (χ0) is 28.6. The van der Waals surface area contributed by atoms with Crippen molar-refractivity contribution in [2.24, 2.45) is 0 Å². The molecule has 0 aliphatic heterocycles. The number of unbranched alkanes of at least 4 members (excludes halogenated alkanes) is 1. The van der Waals surface area contributed by atoms with Crippen molar-refractivity contribution in [1.82, 2.24) is 25.3 Å². The van der Waals surface area contributed by atoms with Gasteiger partial charge in [-0.1, -0.05) is 61.9 Å². The molecule has 40 heavy (non-hydrogen) atoms. The number of nitrogens with zero attached hydrogens (tertiary/aromatic N) is 5. The molecule has 4 aromatic rings. The van der Waals surface area contributed by atoms with E-state index in [9.17, 15) is 14.4 Å². The molecule has 2 aromatic carbocycles. The molecule has 0 aliphatic carbocycles. The van der Waals surface area contributed by atoms with Gasteiger partial charge in [0, 0.05) is 23.2 Å². The van der Waals surface area contributed by atoms with Crippen LogP contribution in [0.5, 0.6) is 0 Å². The SMILES string of the molecule is CCCCC(=O)N(Cc1ccc(-c2ccccc2-c2nn[nH]n2)cc1)n1c(CC(=O)OCC)cc(C(C)=O)c1C. The molecule has 0 unspecified atom stereocenters. The molecule has 10 heteroatoms. The highest BCUT2D eigenvalue weighted by atomic mass is 16.5. The van der Waals surface area contributed by atoms with Crippen molar-refractivity contribution in [1.29, 1.82) is 0 Å². The Hall–Kier alpha value is -4.60. The molecule has 0 aliphatic rings. The first kappa shape index (κ1) is 28.4. The number of hydrogen-bond donors (Lipinski definition) is 1. The van der Waals surface area contributed by atoms with Crippen molar-refractivity contribution in [2.45, 2.75) is 59.9 Å². The number of benzene rings is 2. The first-order chi connectivity index (χ1) is 19.3. The highest BCUT2D eigenvalue weighted by Gasteiger charge is 2.25. The third kappa shape index (κ3) is 6.33. The number of carbonyl (C=O) groups excluding carboxylic acids is 3. The van der Waals surface area contributed by atoms with Crippen molar-refractivity contribution < 1.29 is 19.1 Å². The fourth-order valence-electron chi connectivity index (χ4n) is 4.74. The summed E-state index contributed by atoms with van der Waals surface area (Å²) in [5.74, 6) is -0.132. The Bertz CT molecular complexity index is 1470. The number of esters is 1. The molecule has 10 nitrogen and oxygen atoms in total. The van der Waals surface area contributed by atoms with Crippen LogP contribution in [-0.4, -0.2) is 49.6 Å². The van der Waals surface area contributed by atoms with Gasteiger partial charge in [0.1, 0.15) is 0 Å². The van der Waals surface area contributed by atoms with Gasteiger partial charge in [-0.2, -0.15) is 5.21 Å². The Morgan fingerprint density at radius 3 is 2.38 bits per heavy atom. The summed E-state index contributed by atoms with van der Waals surface area (Å²) in [6.45, 7) is 7.56. The Morgan fingerprint density at radius 1 is 1.02 bits per heavy atom. The maximum Gasteiger partial charge on any atom is 0.311 e. The van der Waals surface area contributed by atoms with E-state index >= 15 is 0 Å². The monoisotopic (exact) mass is 542 g/mol. The Kier molecular flexibility index (Phi) is 9.21. The number of hydrogen-bond acceptors (Lipinski definition) is 7. The lowest BCUT2D eigenvalue weighted by Gasteiger charge is -2.28. The molecule has 208 valence electrons. The van der Waals surface area contributed by atoms with E-state index in [0.29, 0.717) is 29.2 Å². The number of carbonyl (C=O) groups is 3. The minimum Gasteiger partial charge on any atom is -0.466 e. The molecular formula is C30H34N6O4. The fraction of sp³-hybridized carbons (Fsp3) is 0.333. The van der Waals surface area contributed by atoms with Gasteiger partial charge in [0.05, 0.1) is 25.3 Å². The normalized spacial score (nSPS) is 10.9. The maximum absolute atomic E-state index is 13.5. The van der Waals surface area contributed by atoms with Crippen molar-refractivity contribution in [3.05, 3.63) is 77.1 Å². The Balaban J connectivity index is 1.70. The van der Waals surface area contributed by atoms with Gasteiger partial charge in [0.25, 0.3) is 0 Å². The number of Topliss-reactive ketones (excluding diaryl/α,β-unsaturated/α-hetero) is 1.